The standard InChI is InChI=1S/C18H15N/c1-3-7-15(8-4-1)16-11-13-18(14-12-16)19-17-9-5-2-6-10-17/h1-14,19H/i1T. The minimum atomic E-state index is 0.538. The van der Waals surface area contributed by atoms with Crippen LogP contribution < -0.4 is 5.32 Å². The largest absolute Gasteiger partial charge is 0.356 e. The number of nitrogens with one attached hydrogen (secondary N) is 1. The van der Waals surface area contributed by atoms with Crippen LogP contribution in [0.25, 0.3) is 11.1 Å². The van der Waals surface area contributed by atoms with E-state index in [9.17, 15) is 0 Å². The fourth-order valence-corrected chi connectivity index (χ4v) is 2.01. The molecule has 3 aromatic carbocycles. The van der Waals surface area contributed by atoms with Gasteiger partial charge in [0, 0.05) is 11.4 Å². The Hall–Kier alpha value is -2.54. The maximum atomic E-state index is 7.50. The molecule has 0 aromatic heterocycles. The summed E-state index contributed by atoms with van der Waals surface area (Å²) in [7, 11) is 0. The maximum absolute atomic E-state index is 7.50. The van der Waals surface area contributed by atoms with E-state index in [1.807, 2.05) is 54.6 Å². The third-order valence-corrected chi connectivity index (χ3v) is 3.00. The Bertz CT molecular complexity index is 673. The molecule has 1 nitrogen and oxygen atoms in total. The van der Waals surface area contributed by atoms with E-state index in [2.05, 4.69) is 29.6 Å². The zero-order valence-electron chi connectivity index (χ0n) is 11.5. The van der Waals surface area contributed by atoms with Crippen molar-refractivity contribution in [3.63, 3.8) is 0 Å². The molecule has 0 spiro atoms. The summed E-state index contributed by atoms with van der Waals surface area (Å²) in [5, 5.41) is 3.36. The summed E-state index contributed by atoms with van der Waals surface area (Å²) in [6.45, 7) is 0. The SMILES string of the molecule is [3H]c1ccc(-c2ccc(Nc3ccccc3)cc2)cc1. The topological polar surface area (TPSA) is 12.0 Å². The second-order valence-corrected chi connectivity index (χ2v) is 4.36. The summed E-state index contributed by atoms with van der Waals surface area (Å²) < 4.78 is 7.50. The van der Waals surface area contributed by atoms with E-state index in [1.165, 1.54) is 0 Å². The van der Waals surface area contributed by atoms with Gasteiger partial charge in [-0.2, -0.15) is 0 Å². The highest BCUT2D eigenvalue weighted by molar-refractivity contribution is 5.68. The quantitative estimate of drug-likeness (QED) is 0.679. The number of hydrogen-bond donors (Lipinski definition) is 1. The second kappa shape index (κ2) is 5.40. The molecule has 0 bridgehead atoms. The average molecular weight is 247 g/mol. The van der Waals surface area contributed by atoms with Crippen LogP contribution in [0.2, 0.25) is 0 Å². The molecule has 0 aliphatic rings. The van der Waals surface area contributed by atoms with Crippen LogP contribution in [0.15, 0.2) is 84.9 Å². The monoisotopic (exact) mass is 247 g/mol. The molecule has 0 atom stereocenters. The van der Waals surface area contributed by atoms with Gasteiger partial charge >= 0.3 is 0 Å². The summed E-state index contributed by atoms with van der Waals surface area (Å²) in [5.74, 6) is 0. The van der Waals surface area contributed by atoms with Gasteiger partial charge in [0.15, 0.2) is 0 Å². The smallest absolute Gasteiger partial charge is 0.0623 e. The van der Waals surface area contributed by atoms with Gasteiger partial charge < -0.3 is 5.32 Å². The van der Waals surface area contributed by atoms with E-state index >= 15 is 0 Å². The summed E-state index contributed by atoms with van der Waals surface area (Å²) in [4.78, 5) is 0. The van der Waals surface area contributed by atoms with Crippen molar-refractivity contribution in [2.24, 2.45) is 0 Å². The third-order valence-electron chi connectivity index (χ3n) is 3.00. The molecule has 0 saturated heterocycles. The Kier molecular flexibility index (Phi) is 2.95. The highest BCUT2D eigenvalue weighted by Gasteiger charge is 1.97. The van der Waals surface area contributed by atoms with Crippen molar-refractivity contribution in [2.45, 2.75) is 0 Å². The number of hydrogen-bond acceptors (Lipinski definition) is 1. The van der Waals surface area contributed by atoms with E-state index in [0.29, 0.717) is 6.04 Å². The van der Waals surface area contributed by atoms with Gasteiger partial charge in [-0.15, -0.1) is 0 Å². The van der Waals surface area contributed by atoms with E-state index in [-0.39, 0.29) is 0 Å². The Balaban J connectivity index is 1.79. The molecule has 3 aromatic rings. The van der Waals surface area contributed by atoms with E-state index in [1.54, 1.807) is 0 Å². The molecule has 1 heteroatoms. The average Bonchev–Trinajstić information content (AvgIpc) is 2.50. The molecule has 0 fully saturated rings. The van der Waals surface area contributed by atoms with Crippen LogP contribution in [0.1, 0.15) is 1.37 Å². The number of anilines is 2. The van der Waals surface area contributed by atoms with Crippen molar-refractivity contribution in [3.05, 3.63) is 84.9 Å². The van der Waals surface area contributed by atoms with Crippen molar-refractivity contribution in [1.82, 2.24) is 0 Å². The first-order valence-electron chi connectivity index (χ1n) is 6.80. The lowest BCUT2D eigenvalue weighted by atomic mass is 10.1. The lowest BCUT2D eigenvalue weighted by Gasteiger charge is -2.07. The molecule has 0 radical (unpaired) electrons. The van der Waals surface area contributed by atoms with Crippen molar-refractivity contribution < 1.29 is 1.37 Å². The molecule has 0 aliphatic heterocycles. The molecule has 3 rings (SSSR count). The molecule has 19 heavy (non-hydrogen) atoms. The minimum Gasteiger partial charge on any atom is -0.356 e. The fourth-order valence-electron chi connectivity index (χ4n) is 2.01. The van der Waals surface area contributed by atoms with Crippen molar-refractivity contribution in [2.75, 3.05) is 5.32 Å². The van der Waals surface area contributed by atoms with Crippen LogP contribution in [-0.2, 0) is 0 Å². The van der Waals surface area contributed by atoms with Crippen molar-refractivity contribution >= 4 is 11.4 Å². The molecule has 92 valence electrons. The van der Waals surface area contributed by atoms with Gasteiger partial charge in [-0.1, -0.05) is 60.6 Å². The van der Waals surface area contributed by atoms with Crippen LogP contribution in [0.4, 0.5) is 11.4 Å². The second-order valence-electron chi connectivity index (χ2n) is 4.36. The molecule has 0 saturated carbocycles. The predicted octanol–water partition coefficient (Wildman–Crippen LogP) is 5.10. The first kappa shape index (κ1) is 10.4. The molecular weight excluding hydrogens is 230 g/mol. The lowest BCUT2D eigenvalue weighted by Crippen LogP contribution is -1.89. The zero-order chi connectivity index (χ0) is 13.8. The van der Waals surface area contributed by atoms with Crippen LogP contribution in [0.3, 0.4) is 0 Å². The molecule has 1 N–H and O–H groups in total. The Morgan fingerprint density at radius 1 is 0.579 bits per heavy atom. The van der Waals surface area contributed by atoms with Gasteiger partial charge in [0.1, 0.15) is 0 Å². The molecular formula is C18H15N. The summed E-state index contributed by atoms with van der Waals surface area (Å²) in [6.07, 6.45) is 0. The molecule has 0 heterocycles. The predicted molar refractivity (Wildman–Crippen MR) is 81.6 cm³/mol. The Labute approximate surface area is 115 Å². The number of benzene rings is 3. The van der Waals surface area contributed by atoms with Crippen LogP contribution in [0.5, 0.6) is 0 Å². The van der Waals surface area contributed by atoms with Gasteiger partial charge in [0.05, 0.1) is 1.37 Å². The first-order valence-corrected chi connectivity index (χ1v) is 6.30. The van der Waals surface area contributed by atoms with E-state index in [4.69, 9.17) is 1.37 Å². The van der Waals surface area contributed by atoms with Gasteiger partial charge in [-0.25, -0.2) is 0 Å². The number of para-hydroxylation sites is 1. The summed E-state index contributed by atoms with van der Waals surface area (Å²) >= 11 is 0. The van der Waals surface area contributed by atoms with Gasteiger partial charge in [0.25, 0.3) is 0 Å². The highest BCUT2D eigenvalue weighted by Crippen LogP contribution is 2.22. The highest BCUT2D eigenvalue weighted by atomic mass is 14.9. The van der Waals surface area contributed by atoms with E-state index in [0.717, 1.165) is 22.5 Å². The maximum Gasteiger partial charge on any atom is 0.0623 e. The third kappa shape index (κ3) is 2.83. The molecule has 0 amide bonds. The van der Waals surface area contributed by atoms with Crippen LogP contribution in [-0.4, -0.2) is 0 Å². The molecule has 0 unspecified atom stereocenters. The van der Waals surface area contributed by atoms with E-state index < -0.39 is 0 Å². The first-order chi connectivity index (χ1) is 9.81. The Morgan fingerprint density at radius 2 is 1.16 bits per heavy atom. The number of rotatable bonds is 3. The van der Waals surface area contributed by atoms with Crippen LogP contribution >= 0.6 is 0 Å². The Morgan fingerprint density at radius 3 is 1.84 bits per heavy atom. The summed E-state index contributed by atoms with van der Waals surface area (Å²) in [5.41, 5.74) is 4.44. The van der Waals surface area contributed by atoms with Crippen molar-refractivity contribution in [1.29, 1.82) is 0 Å². The van der Waals surface area contributed by atoms with Gasteiger partial charge in [-0.05, 0) is 35.4 Å². The van der Waals surface area contributed by atoms with Crippen LogP contribution in [0, 0.1) is 0 Å². The fraction of sp³-hybridized carbons (Fsp3) is 0. The summed E-state index contributed by atoms with van der Waals surface area (Å²) in [6, 6.07) is 26.5. The minimum absolute atomic E-state index is 0.538. The normalized spacial score (nSPS) is 10.8. The molecule has 0 aliphatic carbocycles. The zero-order valence-corrected chi connectivity index (χ0v) is 10.5. The lowest BCUT2D eigenvalue weighted by molar-refractivity contribution is 1.54. The van der Waals surface area contributed by atoms with Crippen molar-refractivity contribution in [3.8, 4) is 11.1 Å². The van der Waals surface area contributed by atoms with Gasteiger partial charge in [-0.3, -0.25) is 0 Å². The van der Waals surface area contributed by atoms with Gasteiger partial charge in [0.2, 0.25) is 0 Å².